The first-order valence-corrected chi connectivity index (χ1v) is 8.56. The van der Waals surface area contributed by atoms with Crippen molar-refractivity contribution in [1.82, 2.24) is 10.9 Å². The standard InChI is InChI=1S/C14H23N2O3P/c1-4-18-20(17,19-5-2)14(3)13(11-15-16-14)12-9-7-6-8-10-12/h6-10,13,15-16H,4-5,11H2,1-3H3/t13-,14-/m0/s1. The van der Waals surface area contributed by atoms with E-state index in [-0.39, 0.29) is 5.92 Å². The van der Waals surface area contributed by atoms with Gasteiger partial charge in [-0.15, -0.1) is 0 Å². The number of benzene rings is 1. The molecule has 0 saturated carbocycles. The zero-order valence-electron chi connectivity index (χ0n) is 12.3. The van der Waals surface area contributed by atoms with Gasteiger partial charge in [-0.3, -0.25) is 9.99 Å². The van der Waals surface area contributed by atoms with Crippen molar-refractivity contribution in [2.24, 2.45) is 0 Å². The Morgan fingerprint density at radius 2 is 1.85 bits per heavy atom. The third kappa shape index (κ3) is 2.69. The topological polar surface area (TPSA) is 59.6 Å². The molecule has 2 atom stereocenters. The molecule has 112 valence electrons. The highest BCUT2D eigenvalue weighted by Crippen LogP contribution is 2.64. The van der Waals surface area contributed by atoms with Gasteiger partial charge in [0.1, 0.15) is 5.28 Å². The molecular formula is C14H23N2O3P. The molecule has 1 aliphatic heterocycles. The molecule has 1 fully saturated rings. The number of rotatable bonds is 6. The molecule has 0 aromatic heterocycles. The van der Waals surface area contributed by atoms with Crippen LogP contribution in [0.3, 0.4) is 0 Å². The summed E-state index contributed by atoms with van der Waals surface area (Å²) in [5, 5.41) is -0.777. The van der Waals surface area contributed by atoms with E-state index in [4.69, 9.17) is 9.05 Å². The highest BCUT2D eigenvalue weighted by Gasteiger charge is 2.55. The predicted octanol–water partition coefficient (Wildman–Crippen LogP) is 2.86. The van der Waals surface area contributed by atoms with Gasteiger partial charge in [0.25, 0.3) is 0 Å². The summed E-state index contributed by atoms with van der Waals surface area (Å²) in [7, 11) is -3.27. The summed E-state index contributed by atoms with van der Waals surface area (Å²) in [4.78, 5) is 0. The summed E-state index contributed by atoms with van der Waals surface area (Å²) in [6, 6.07) is 10.0. The number of hydrogen-bond acceptors (Lipinski definition) is 5. The van der Waals surface area contributed by atoms with Gasteiger partial charge in [0.05, 0.1) is 13.2 Å². The summed E-state index contributed by atoms with van der Waals surface area (Å²) in [5.41, 5.74) is 7.35. The van der Waals surface area contributed by atoms with Gasteiger partial charge in [0.2, 0.25) is 0 Å². The van der Waals surface area contributed by atoms with Gasteiger partial charge in [-0.1, -0.05) is 30.3 Å². The normalized spacial score (nSPS) is 26.9. The molecule has 0 aliphatic carbocycles. The van der Waals surface area contributed by atoms with Crippen molar-refractivity contribution < 1.29 is 13.6 Å². The lowest BCUT2D eigenvalue weighted by molar-refractivity contribution is 0.189. The fourth-order valence-electron chi connectivity index (χ4n) is 2.65. The van der Waals surface area contributed by atoms with E-state index in [0.717, 1.165) is 5.56 Å². The zero-order chi connectivity index (χ0) is 14.6. The van der Waals surface area contributed by atoms with Crippen molar-refractivity contribution in [3.8, 4) is 0 Å². The molecule has 1 aromatic carbocycles. The van der Waals surface area contributed by atoms with Crippen LogP contribution >= 0.6 is 7.60 Å². The Bertz CT molecular complexity index is 473. The lowest BCUT2D eigenvalue weighted by atomic mass is 9.94. The van der Waals surface area contributed by atoms with Crippen LogP contribution in [0, 0.1) is 0 Å². The van der Waals surface area contributed by atoms with Gasteiger partial charge < -0.3 is 9.05 Å². The maximum atomic E-state index is 13.2. The van der Waals surface area contributed by atoms with Gasteiger partial charge >= 0.3 is 7.60 Å². The molecule has 0 amide bonds. The Hall–Kier alpha value is -0.710. The van der Waals surface area contributed by atoms with Crippen molar-refractivity contribution in [2.45, 2.75) is 32.0 Å². The minimum atomic E-state index is -3.27. The smallest absolute Gasteiger partial charge is 0.308 e. The molecule has 1 aliphatic rings. The summed E-state index contributed by atoms with van der Waals surface area (Å²) in [6.45, 7) is 6.96. The average Bonchev–Trinajstić information content (AvgIpc) is 2.84. The Kier molecular flexibility index (Phi) is 4.99. The molecule has 1 aromatic rings. The third-order valence-electron chi connectivity index (χ3n) is 3.70. The summed E-state index contributed by atoms with van der Waals surface area (Å²) >= 11 is 0. The average molecular weight is 298 g/mol. The van der Waals surface area contributed by atoms with E-state index < -0.39 is 12.9 Å². The van der Waals surface area contributed by atoms with Crippen molar-refractivity contribution in [3.05, 3.63) is 35.9 Å². The zero-order valence-corrected chi connectivity index (χ0v) is 13.2. The molecule has 0 spiro atoms. The Balaban J connectivity index is 2.37. The van der Waals surface area contributed by atoms with Gasteiger partial charge in [0.15, 0.2) is 0 Å². The predicted molar refractivity (Wildman–Crippen MR) is 79.6 cm³/mol. The van der Waals surface area contributed by atoms with Crippen LogP contribution in [0.4, 0.5) is 0 Å². The van der Waals surface area contributed by atoms with Crippen molar-refractivity contribution in [2.75, 3.05) is 19.8 Å². The van der Waals surface area contributed by atoms with Gasteiger partial charge in [0, 0.05) is 12.5 Å². The molecule has 1 saturated heterocycles. The highest BCUT2D eigenvalue weighted by molar-refractivity contribution is 7.55. The SMILES string of the molecule is CCOP(=O)(OCC)[C@]1(C)NNC[C@H]1c1ccccc1. The minimum Gasteiger partial charge on any atom is -0.308 e. The van der Waals surface area contributed by atoms with E-state index >= 15 is 0 Å². The van der Waals surface area contributed by atoms with Crippen molar-refractivity contribution in [3.63, 3.8) is 0 Å². The fourth-order valence-corrected chi connectivity index (χ4v) is 4.78. The number of hydrazine groups is 1. The van der Waals surface area contributed by atoms with Crippen LogP contribution in [0.15, 0.2) is 30.3 Å². The fraction of sp³-hybridized carbons (Fsp3) is 0.571. The summed E-state index contributed by atoms with van der Waals surface area (Å²) in [5.74, 6) is 0.0210. The van der Waals surface area contributed by atoms with Crippen LogP contribution < -0.4 is 10.9 Å². The lowest BCUT2D eigenvalue weighted by Crippen LogP contribution is -2.44. The highest BCUT2D eigenvalue weighted by atomic mass is 31.2. The van der Waals surface area contributed by atoms with Crippen LogP contribution in [-0.4, -0.2) is 25.0 Å². The first-order chi connectivity index (χ1) is 9.57. The Labute approximate surface area is 120 Å². The minimum absolute atomic E-state index is 0.0210. The van der Waals surface area contributed by atoms with Crippen molar-refractivity contribution in [1.29, 1.82) is 0 Å². The van der Waals surface area contributed by atoms with E-state index in [2.05, 4.69) is 10.9 Å². The first kappa shape index (κ1) is 15.7. The van der Waals surface area contributed by atoms with E-state index in [9.17, 15) is 4.57 Å². The van der Waals surface area contributed by atoms with Crippen molar-refractivity contribution >= 4 is 7.60 Å². The van der Waals surface area contributed by atoms with Crippen LogP contribution in [-0.2, 0) is 13.6 Å². The molecule has 5 nitrogen and oxygen atoms in total. The number of nitrogens with one attached hydrogen (secondary N) is 2. The molecular weight excluding hydrogens is 275 g/mol. The van der Waals surface area contributed by atoms with Gasteiger partial charge in [-0.2, -0.15) is 0 Å². The second-order valence-corrected chi connectivity index (χ2v) is 7.39. The molecule has 0 bridgehead atoms. The monoisotopic (exact) mass is 298 g/mol. The van der Waals surface area contributed by atoms with Crippen LogP contribution in [0.1, 0.15) is 32.3 Å². The van der Waals surface area contributed by atoms with E-state index in [1.165, 1.54) is 0 Å². The van der Waals surface area contributed by atoms with Crippen LogP contribution in [0.5, 0.6) is 0 Å². The maximum absolute atomic E-state index is 13.2. The molecule has 0 unspecified atom stereocenters. The van der Waals surface area contributed by atoms with E-state index in [1.54, 1.807) is 0 Å². The number of hydrogen-bond donors (Lipinski definition) is 2. The second kappa shape index (κ2) is 6.37. The molecule has 6 heteroatoms. The van der Waals surface area contributed by atoms with Crippen LogP contribution in [0.25, 0.3) is 0 Å². The molecule has 2 N–H and O–H groups in total. The van der Waals surface area contributed by atoms with E-state index in [0.29, 0.717) is 19.8 Å². The molecule has 20 heavy (non-hydrogen) atoms. The first-order valence-electron chi connectivity index (χ1n) is 7.01. The van der Waals surface area contributed by atoms with Gasteiger partial charge in [-0.25, -0.2) is 5.43 Å². The quantitative estimate of drug-likeness (QED) is 0.791. The largest absolute Gasteiger partial charge is 0.352 e. The molecule has 0 radical (unpaired) electrons. The van der Waals surface area contributed by atoms with Gasteiger partial charge in [-0.05, 0) is 26.3 Å². The second-order valence-electron chi connectivity index (χ2n) is 4.95. The molecule has 2 rings (SSSR count). The summed E-state index contributed by atoms with van der Waals surface area (Å²) in [6.07, 6.45) is 0. The Morgan fingerprint density at radius 1 is 1.25 bits per heavy atom. The lowest BCUT2D eigenvalue weighted by Gasteiger charge is -2.36. The van der Waals surface area contributed by atoms with Crippen LogP contribution in [0.2, 0.25) is 0 Å². The Morgan fingerprint density at radius 3 is 2.40 bits per heavy atom. The maximum Gasteiger partial charge on any atom is 0.352 e. The summed E-state index contributed by atoms with van der Waals surface area (Å²) < 4.78 is 24.3. The van der Waals surface area contributed by atoms with E-state index in [1.807, 2.05) is 51.1 Å². The molecule has 1 heterocycles. The third-order valence-corrected chi connectivity index (χ3v) is 6.45.